The quantitative estimate of drug-likeness (QED) is 0.578. The number of benzene rings is 1. The van der Waals surface area contributed by atoms with Gasteiger partial charge < -0.3 is 10.3 Å². The van der Waals surface area contributed by atoms with E-state index in [9.17, 15) is 22.0 Å². The molecule has 2 rings (SSSR count). The monoisotopic (exact) mass is 389 g/mol. The second kappa shape index (κ2) is 8.29. The Morgan fingerprint density at radius 1 is 1.38 bits per heavy atom. The molecule has 0 spiro atoms. The number of primary amides is 1. The molecule has 0 aliphatic heterocycles. The number of carbonyl (C=O) groups is 1. The van der Waals surface area contributed by atoms with Gasteiger partial charge in [0.15, 0.2) is 0 Å². The molecule has 1 aromatic heterocycles. The van der Waals surface area contributed by atoms with Crippen molar-refractivity contribution in [2.45, 2.75) is 25.8 Å². The molecule has 0 bridgehead atoms. The van der Waals surface area contributed by atoms with Crippen molar-refractivity contribution in [3.8, 4) is 11.4 Å². The molecule has 0 aliphatic rings. The number of aromatic nitrogens is 2. The molecule has 9 nitrogen and oxygen atoms in total. The molecule has 1 aromatic carbocycles. The van der Waals surface area contributed by atoms with Crippen LogP contribution < -0.4 is 15.2 Å². The fourth-order valence-corrected chi connectivity index (χ4v) is 3.12. The summed E-state index contributed by atoms with van der Waals surface area (Å²) < 4.78 is 60.3. The van der Waals surface area contributed by atoms with E-state index in [-0.39, 0.29) is 23.8 Å². The second-order valence-electron chi connectivity index (χ2n) is 5.32. The van der Waals surface area contributed by atoms with Crippen LogP contribution in [0.2, 0.25) is 0 Å². The predicted molar refractivity (Wildman–Crippen MR) is 86.6 cm³/mol. The van der Waals surface area contributed by atoms with Crippen molar-refractivity contribution in [2.24, 2.45) is 5.73 Å². The molecular formula is C14H17F2N5O4S. The van der Waals surface area contributed by atoms with Gasteiger partial charge in [0.1, 0.15) is 17.7 Å². The fourth-order valence-electron chi connectivity index (χ4n) is 2.00. The van der Waals surface area contributed by atoms with Crippen molar-refractivity contribution in [2.75, 3.05) is 6.54 Å². The van der Waals surface area contributed by atoms with Crippen molar-refractivity contribution in [1.29, 1.82) is 0 Å². The molecule has 0 saturated carbocycles. The van der Waals surface area contributed by atoms with Crippen LogP contribution in [0.3, 0.4) is 0 Å². The number of carbonyl (C=O) groups excluding carboxylic acids is 1. The Hall–Kier alpha value is -2.44. The zero-order valence-corrected chi connectivity index (χ0v) is 14.5. The number of hydrogen-bond donors (Lipinski definition) is 3. The molecule has 26 heavy (non-hydrogen) atoms. The highest BCUT2D eigenvalue weighted by atomic mass is 32.2. The third-order valence-electron chi connectivity index (χ3n) is 3.15. The Morgan fingerprint density at radius 2 is 2.12 bits per heavy atom. The summed E-state index contributed by atoms with van der Waals surface area (Å²) in [4.78, 5) is 15.1. The maximum Gasteiger partial charge on any atom is 0.277 e. The van der Waals surface area contributed by atoms with Crippen molar-refractivity contribution in [3.05, 3.63) is 35.7 Å². The number of nitrogens with one attached hydrogen (secondary N) is 2. The lowest BCUT2D eigenvalue weighted by Crippen LogP contribution is -2.40. The van der Waals surface area contributed by atoms with E-state index in [0.717, 1.165) is 18.2 Å². The zero-order valence-electron chi connectivity index (χ0n) is 13.7. The third-order valence-corrected chi connectivity index (χ3v) is 4.33. The van der Waals surface area contributed by atoms with Crippen LogP contribution in [0.4, 0.5) is 8.78 Å². The van der Waals surface area contributed by atoms with Crippen LogP contribution in [-0.4, -0.2) is 31.0 Å². The lowest BCUT2D eigenvalue weighted by Gasteiger charge is -2.14. The first-order valence-electron chi connectivity index (χ1n) is 7.56. The van der Waals surface area contributed by atoms with Crippen molar-refractivity contribution >= 4 is 16.1 Å². The Kier molecular flexibility index (Phi) is 6.34. The van der Waals surface area contributed by atoms with Gasteiger partial charge in [0, 0.05) is 6.54 Å². The molecule has 1 atom stereocenters. The summed E-state index contributed by atoms with van der Waals surface area (Å²) in [6.07, 6.45) is 0.0747. The molecule has 0 saturated heterocycles. The smallest absolute Gasteiger partial charge is 0.277 e. The topological polar surface area (TPSA) is 140 Å². The predicted octanol–water partition coefficient (Wildman–Crippen LogP) is 0.765. The van der Waals surface area contributed by atoms with Crippen LogP contribution >= 0.6 is 0 Å². The summed E-state index contributed by atoms with van der Waals surface area (Å²) in [6.45, 7) is 1.93. The summed E-state index contributed by atoms with van der Waals surface area (Å²) in [5.41, 5.74) is 4.84. The summed E-state index contributed by atoms with van der Waals surface area (Å²) in [6, 6.07) is 1.40. The number of halogens is 2. The van der Waals surface area contributed by atoms with Gasteiger partial charge >= 0.3 is 0 Å². The zero-order chi connectivity index (χ0) is 19.3. The van der Waals surface area contributed by atoms with E-state index in [1.807, 2.05) is 0 Å². The maximum absolute atomic E-state index is 13.8. The van der Waals surface area contributed by atoms with Crippen molar-refractivity contribution in [1.82, 2.24) is 19.6 Å². The van der Waals surface area contributed by atoms with Gasteiger partial charge in [0.2, 0.25) is 17.6 Å². The average Bonchev–Trinajstić information content (AvgIpc) is 3.04. The summed E-state index contributed by atoms with van der Waals surface area (Å²) in [5, 5.41) is 3.51. The summed E-state index contributed by atoms with van der Waals surface area (Å²) >= 11 is 0. The van der Waals surface area contributed by atoms with Crippen LogP contribution in [-0.2, 0) is 15.0 Å². The minimum Gasteiger partial charge on any atom is -0.370 e. The highest BCUT2D eigenvalue weighted by molar-refractivity contribution is 7.87. The van der Waals surface area contributed by atoms with Crippen molar-refractivity contribution in [3.63, 3.8) is 0 Å². The number of nitrogens with zero attached hydrogens (tertiary/aromatic N) is 2. The normalized spacial score (nSPS) is 12.9. The Morgan fingerprint density at radius 3 is 2.77 bits per heavy atom. The summed E-state index contributed by atoms with van der Waals surface area (Å²) in [5.74, 6) is -2.96. The summed E-state index contributed by atoms with van der Waals surface area (Å²) in [7, 11) is -3.98. The largest absolute Gasteiger partial charge is 0.370 e. The third kappa shape index (κ3) is 5.28. The first kappa shape index (κ1) is 19.9. The molecular weight excluding hydrogens is 372 g/mol. The Labute approximate surface area is 148 Å². The molecule has 0 radical (unpaired) electrons. The number of nitrogens with two attached hydrogens (primary N) is 1. The van der Waals surface area contributed by atoms with Gasteiger partial charge in [-0.1, -0.05) is 12.1 Å². The number of amides is 1. The fraction of sp³-hybridized carbons (Fsp3) is 0.357. The molecule has 1 heterocycles. The van der Waals surface area contributed by atoms with E-state index in [1.165, 1.54) is 0 Å². The van der Waals surface area contributed by atoms with E-state index in [4.69, 9.17) is 10.3 Å². The van der Waals surface area contributed by atoms with E-state index in [2.05, 4.69) is 19.6 Å². The van der Waals surface area contributed by atoms with Crippen molar-refractivity contribution < 1.29 is 26.5 Å². The SMILES string of the molecule is CCCNS(=O)(=O)N[C@@H](CC(N)=O)c1nc(-c2cc(F)ccc2F)no1. The maximum atomic E-state index is 13.8. The van der Waals surface area contributed by atoms with E-state index < -0.39 is 40.2 Å². The van der Waals surface area contributed by atoms with Gasteiger partial charge in [-0.3, -0.25) is 4.79 Å². The van der Waals surface area contributed by atoms with Gasteiger partial charge in [-0.15, -0.1) is 0 Å². The van der Waals surface area contributed by atoms with Crippen LogP contribution in [0.15, 0.2) is 22.7 Å². The lowest BCUT2D eigenvalue weighted by atomic mass is 10.2. The molecule has 142 valence electrons. The van der Waals surface area contributed by atoms with Gasteiger partial charge in [0.25, 0.3) is 10.2 Å². The van der Waals surface area contributed by atoms with E-state index >= 15 is 0 Å². The molecule has 12 heteroatoms. The van der Waals surface area contributed by atoms with Crippen LogP contribution in [0.1, 0.15) is 31.7 Å². The lowest BCUT2D eigenvalue weighted by molar-refractivity contribution is -0.118. The highest BCUT2D eigenvalue weighted by Crippen LogP contribution is 2.24. The van der Waals surface area contributed by atoms with E-state index in [0.29, 0.717) is 6.42 Å². The molecule has 0 aliphatic carbocycles. The molecule has 1 amide bonds. The second-order valence-corrected chi connectivity index (χ2v) is 6.85. The highest BCUT2D eigenvalue weighted by Gasteiger charge is 2.27. The van der Waals surface area contributed by atoms with Gasteiger partial charge in [-0.05, 0) is 24.6 Å². The van der Waals surface area contributed by atoms with E-state index in [1.54, 1.807) is 6.92 Å². The van der Waals surface area contributed by atoms with Gasteiger partial charge in [-0.2, -0.15) is 18.1 Å². The molecule has 2 aromatic rings. The van der Waals surface area contributed by atoms with Crippen LogP contribution in [0, 0.1) is 11.6 Å². The molecule has 0 fully saturated rings. The standard InChI is InChI=1S/C14H17F2N5O4S/c1-2-5-18-26(23,24)21-11(7-12(17)22)14-19-13(20-25-14)9-6-8(15)3-4-10(9)16/h3-4,6,11,18,21H,2,5,7H2,1H3,(H2,17,22)/t11-/m0/s1. The van der Waals surface area contributed by atoms with Crippen LogP contribution in [0.25, 0.3) is 11.4 Å². The first-order valence-corrected chi connectivity index (χ1v) is 9.04. The van der Waals surface area contributed by atoms with Gasteiger partial charge in [-0.25, -0.2) is 13.5 Å². The first-order chi connectivity index (χ1) is 12.2. The molecule has 0 unspecified atom stereocenters. The average molecular weight is 389 g/mol. The van der Waals surface area contributed by atoms with Crippen LogP contribution in [0.5, 0.6) is 0 Å². The Bertz CT molecular complexity index is 887. The van der Waals surface area contributed by atoms with Gasteiger partial charge in [0.05, 0.1) is 12.0 Å². The Balaban J connectivity index is 2.31. The minimum atomic E-state index is -3.98. The molecule has 4 N–H and O–H groups in total. The minimum absolute atomic E-state index is 0.169. The number of rotatable bonds is 9. The number of hydrogen-bond acceptors (Lipinski definition) is 6.